The van der Waals surface area contributed by atoms with Crippen LogP contribution in [0, 0.1) is 20.8 Å². The number of rotatable bonds is 2. The maximum Gasteiger partial charge on any atom is 0.323 e. The van der Waals surface area contributed by atoms with Crippen molar-refractivity contribution in [3.05, 3.63) is 58.1 Å². The van der Waals surface area contributed by atoms with Gasteiger partial charge in [0.05, 0.1) is 0 Å². The summed E-state index contributed by atoms with van der Waals surface area (Å²) < 4.78 is 0. The number of carbonyl (C=O) groups excluding carboxylic acids is 1. The fourth-order valence-electron chi connectivity index (χ4n) is 1.96. The van der Waals surface area contributed by atoms with E-state index in [2.05, 4.69) is 10.6 Å². The van der Waals surface area contributed by atoms with Crippen molar-refractivity contribution in [3.63, 3.8) is 0 Å². The molecule has 4 heteroatoms. The first-order valence-electron chi connectivity index (χ1n) is 6.37. The van der Waals surface area contributed by atoms with Crippen molar-refractivity contribution >= 4 is 29.0 Å². The van der Waals surface area contributed by atoms with Gasteiger partial charge in [-0.3, -0.25) is 0 Å². The van der Waals surface area contributed by atoms with Gasteiger partial charge >= 0.3 is 6.03 Å². The van der Waals surface area contributed by atoms with E-state index in [1.807, 2.05) is 45.0 Å². The predicted molar refractivity (Wildman–Crippen MR) is 84.7 cm³/mol. The van der Waals surface area contributed by atoms with E-state index in [-0.39, 0.29) is 6.03 Å². The van der Waals surface area contributed by atoms with Crippen LogP contribution in [-0.4, -0.2) is 6.03 Å². The number of hydrogen-bond acceptors (Lipinski definition) is 1. The Morgan fingerprint density at radius 2 is 1.60 bits per heavy atom. The molecule has 0 aliphatic rings. The second-order valence-electron chi connectivity index (χ2n) is 4.86. The SMILES string of the molecule is Cc1ccc(NC(=O)Nc2cc(Cl)ccc2C)c(C)c1. The minimum atomic E-state index is -0.276. The van der Waals surface area contributed by atoms with Crippen molar-refractivity contribution in [2.75, 3.05) is 10.6 Å². The third kappa shape index (κ3) is 3.52. The lowest BCUT2D eigenvalue weighted by atomic mass is 10.1. The van der Waals surface area contributed by atoms with E-state index in [1.54, 1.807) is 12.1 Å². The third-order valence-electron chi connectivity index (χ3n) is 3.08. The van der Waals surface area contributed by atoms with Crippen LogP contribution in [0.15, 0.2) is 36.4 Å². The fraction of sp³-hybridized carbons (Fsp3) is 0.188. The fourth-order valence-corrected chi connectivity index (χ4v) is 2.13. The number of carbonyl (C=O) groups is 1. The molecule has 104 valence electrons. The van der Waals surface area contributed by atoms with Crippen molar-refractivity contribution < 1.29 is 4.79 Å². The first-order valence-corrected chi connectivity index (χ1v) is 6.75. The smallest absolute Gasteiger partial charge is 0.307 e. The van der Waals surface area contributed by atoms with Crippen LogP contribution in [-0.2, 0) is 0 Å². The Morgan fingerprint density at radius 3 is 2.30 bits per heavy atom. The number of anilines is 2. The summed E-state index contributed by atoms with van der Waals surface area (Å²) in [5.41, 5.74) is 4.67. The van der Waals surface area contributed by atoms with Gasteiger partial charge in [0.2, 0.25) is 0 Å². The molecule has 20 heavy (non-hydrogen) atoms. The second-order valence-corrected chi connectivity index (χ2v) is 5.29. The summed E-state index contributed by atoms with van der Waals surface area (Å²) in [6.45, 7) is 5.91. The summed E-state index contributed by atoms with van der Waals surface area (Å²) in [6.07, 6.45) is 0. The molecule has 0 saturated carbocycles. The number of benzene rings is 2. The molecule has 2 amide bonds. The van der Waals surface area contributed by atoms with Crippen molar-refractivity contribution in [3.8, 4) is 0 Å². The maximum absolute atomic E-state index is 12.0. The summed E-state index contributed by atoms with van der Waals surface area (Å²) in [6, 6.07) is 11.0. The Hall–Kier alpha value is -2.00. The zero-order valence-electron chi connectivity index (χ0n) is 11.8. The van der Waals surface area contributed by atoms with E-state index in [9.17, 15) is 4.79 Å². The van der Waals surface area contributed by atoms with Crippen LogP contribution in [0.4, 0.5) is 16.2 Å². The molecule has 0 spiro atoms. The van der Waals surface area contributed by atoms with Gasteiger partial charge in [-0.2, -0.15) is 0 Å². The molecule has 2 rings (SSSR count). The number of urea groups is 1. The molecule has 2 aromatic carbocycles. The van der Waals surface area contributed by atoms with Crippen LogP contribution < -0.4 is 10.6 Å². The Kier molecular flexibility index (Phi) is 4.30. The van der Waals surface area contributed by atoms with Gasteiger partial charge in [0.1, 0.15) is 0 Å². The highest BCUT2D eigenvalue weighted by molar-refractivity contribution is 6.31. The van der Waals surface area contributed by atoms with E-state index >= 15 is 0 Å². The first kappa shape index (κ1) is 14.4. The van der Waals surface area contributed by atoms with Gasteiger partial charge < -0.3 is 10.6 Å². The molecule has 0 bridgehead atoms. The lowest BCUT2D eigenvalue weighted by Gasteiger charge is -2.12. The monoisotopic (exact) mass is 288 g/mol. The van der Waals surface area contributed by atoms with Crippen LogP contribution in [0.25, 0.3) is 0 Å². The van der Waals surface area contributed by atoms with Gasteiger partial charge in [-0.05, 0) is 50.1 Å². The number of hydrogen-bond donors (Lipinski definition) is 2. The maximum atomic E-state index is 12.0. The lowest BCUT2D eigenvalue weighted by molar-refractivity contribution is 0.262. The number of nitrogens with one attached hydrogen (secondary N) is 2. The van der Waals surface area contributed by atoms with E-state index in [0.717, 1.165) is 16.8 Å². The molecule has 0 unspecified atom stereocenters. The van der Waals surface area contributed by atoms with Crippen LogP contribution >= 0.6 is 11.6 Å². The molecular formula is C16H17ClN2O. The Balaban J connectivity index is 2.11. The molecule has 3 nitrogen and oxygen atoms in total. The highest BCUT2D eigenvalue weighted by atomic mass is 35.5. The highest BCUT2D eigenvalue weighted by Crippen LogP contribution is 2.21. The molecule has 2 N–H and O–H groups in total. The molecule has 0 aliphatic carbocycles. The zero-order chi connectivity index (χ0) is 14.7. The zero-order valence-corrected chi connectivity index (χ0v) is 12.5. The van der Waals surface area contributed by atoms with Gasteiger partial charge in [-0.15, -0.1) is 0 Å². The summed E-state index contributed by atoms with van der Waals surface area (Å²) in [5.74, 6) is 0. The largest absolute Gasteiger partial charge is 0.323 e. The van der Waals surface area contributed by atoms with Crippen LogP contribution in [0.5, 0.6) is 0 Å². The Bertz CT molecular complexity index is 653. The molecule has 0 atom stereocenters. The van der Waals surface area contributed by atoms with Crippen molar-refractivity contribution in [1.29, 1.82) is 0 Å². The molecule has 2 aromatic rings. The van der Waals surface area contributed by atoms with Gasteiger partial charge in [-0.1, -0.05) is 35.4 Å². The number of amides is 2. The highest BCUT2D eigenvalue weighted by Gasteiger charge is 2.07. The summed E-state index contributed by atoms with van der Waals surface area (Å²) in [4.78, 5) is 12.0. The normalized spacial score (nSPS) is 10.2. The number of aryl methyl sites for hydroxylation is 3. The average Bonchev–Trinajstić information content (AvgIpc) is 2.37. The Morgan fingerprint density at radius 1 is 0.900 bits per heavy atom. The quantitative estimate of drug-likeness (QED) is 0.810. The standard InChI is InChI=1S/C16H17ClN2O/c1-10-4-7-14(12(3)8-10)18-16(20)19-15-9-13(17)6-5-11(15)2/h4-9H,1-3H3,(H2,18,19,20). The van der Waals surface area contributed by atoms with Gasteiger partial charge in [-0.25, -0.2) is 4.79 Å². The third-order valence-corrected chi connectivity index (χ3v) is 3.31. The molecule has 0 radical (unpaired) electrons. The van der Waals surface area contributed by atoms with E-state index in [1.165, 1.54) is 5.56 Å². The molecular weight excluding hydrogens is 272 g/mol. The van der Waals surface area contributed by atoms with Crippen LogP contribution in [0.1, 0.15) is 16.7 Å². The Labute approximate surface area is 124 Å². The molecule has 0 fully saturated rings. The summed E-state index contributed by atoms with van der Waals surface area (Å²) in [7, 11) is 0. The number of halogens is 1. The second kappa shape index (κ2) is 5.97. The first-order chi connectivity index (χ1) is 9.45. The van der Waals surface area contributed by atoms with E-state index in [4.69, 9.17) is 11.6 Å². The summed E-state index contributed by atoms with van der Waals surface area (Å²) >= 11 is 5.93. The topological polar surface area (TPSA) is 41.1 Å². The predicted octanol–water partition coefficient (Wildman–Crippen LogP) is 4.91. The van der Waals surface area contributed by atoms with Crippen molar-refractivity contribution in [1.82, 2.24) is 0 Å². The van der Waals surface area contributed by atoms with Crippen molar-refractivity contribution in [2.45, 2.75) is 20.8 Å². The van der Waals surface area contributed by atoms with Crippen LogP contribution in [0.2, 0.25) is 5.02 Å². The van der Waals surface area contributed by atoms with E-state index in [0.29, 0.717) is 10.7 Å². The minimum absolute atomic E-state index is 0.276. The molecule has 0 heterocycles. The van der Waals surface area contributed by atoms with Gasteiger partial charge in [0.25, 0.3) is 0 Å². The van der Waals surface area contributed by atoms with E-state index < -0.39 is 0 Å². The molecule has 0 aliphatic heterocycles. The average molecular weight is 289 g/mol. The minimum Gasteiger partial charge on any atom is -0.307 e. The van der Waals surface area contributed by atoms with Gasteiger partial charge in [0, 0.05) is 16.4 Å². The van der Waals surface area contributed by atoms with Crippen molar-refractivity contribution in [2.24, 2.45) is 0 Å². The summed E-state index contributed by atoms with van der Waals surface area (Å²) in [5, 5.41) is 6.24. The molecule has 0 saturated heterocycles. The van der Waals surface area contributed by atoms with Crippen LogP contribution in [0.3, 0.4) is 0 Å². The van der Waals surface area contributed by atoms with Gasteiger partial charge in [0.15, 0.2) is 0 Å². The molecule has 0 aromatic heterocycles. The lowest BCUT2D eigenvalue weighted by Crippen LogP contribution is -2.20.